The summed E-state index contributed by atoms with van der Waals surface area (Å²) in [5.74, 6) is 1.65. The van der Waals surface area contributed by atoms with Crippen LogP contribution >= 0.6 is 11.8 Å². The van der Waals surface area contributed by atoms with Gasteiger partial charge in [0.2, 0.25) is 0 Å². The third kappa shape index (κ3) is 6.20. The van der Waals surface area contributed by atoms with Crippen LogP contribution in [0, 0.1) is 16.2 Å². The van der Waals surface area contributed by atoms with E-state index in [9.17, 15) is 18.1 Å². The molecule has 1 N–H and O–H groups in total. The molecule has 0 saturated heterocycles. The minimum Gasteiger partial charge on any atom is -0.493 e. The smallest absolute Gasteiger partial charge is 0.416 e. The van der Waals surface area contributed by atoms with Gasteiger partial charge in [0.15, 0.2) is 11.5 Å². The van der Waals surface area contributed by atoms with Gasteiger partial charge in [-0.15, -0.1) is 4.91 Å². The van der Waals surface area contributed by atoms with Crippen LogP contribution in [0.4, 0.5) is 24.5 Å². The number of hydrogen-bond acceptors (Lipinski definition) is 7. The number of benzene rings is 2. The van der Waals surface area contributed by atoms with Crippen LogP contribution in [0.5, 0.6) is 11.5 Å². The number of nitrogens with zero attached hydrogens (tertiary/aromatic N) is 3. The van der Waals surface area contributed by atoms with Gasteiger partial charge in [-0.05, 0) is 49.1 Å². The Labute approximate surface area is 188 Å². The topological polar surface area (TPSA) is 87.0 Å². The van der Waals surface area contributed by atoms with E-state index in [4.69, 9.17) is 14.7 Å². The lowest BCUT2D eigenvalue weighted by Crippen LogP contribution is -2.21. The third-order valence-electron chi connectivity index (χ3n) is 4.48. The molecule has 0 aliphatic heterocycles. The highest BCUT2D eigenvalue weighted by Gasteiger charge is 2.32. The Morgan fingerprint density at radius 1 is 1.25 bits per heavy atom. The number of anilines is 2. The van der Waals surface area contributed by atoms with Gasteiger partial charge in [0.05, 0.1) is 48.1 Å². The van der Waals surface area contributed by atoms with Gasteiger partial charge in [0, 0.05) is 5.75 Å². The Kier molecular flexibility index (Phi) is 9.02. The van der Waals surface area contributed by atoms with E-state index < -0.39 is 18.3 Å². The standard InChI is InChI=1S/C21H23F3N4O3S/c1-4-31-20-11-14(5-8-19(20)30-2)17(13-32-3)26-16-7-6-15(21(22,23)24)12-18(16)28(27-29)10-9-25/h5-8,11-12,17,26H,4,10,13H2,1-3H3. The van der Waals surface area contributed by atoms with Crippen LogP contribution in [0.25, 0.3) is 0 Å². The molecule has 1 atom stereocenters. The number of thioether (sulfide) groups is 1. The molecule has 2 aromatic rings. The van der Waals surface area contributed by atoms with Gasteiger partial charge < -0.3 is 14.8 Å². The maximum absolute atomic E-state index is 13.2. The lowest BCUT2D eigenvalue weighted by atomic mass is 10.1. The Hall–Kier alpha value is -3.13. The summed E-state index contributed by atoms with van der Waals surface area (Å²) >= 11 is 1.52. The molecule has 0 aliphatic rings. The maximum atomic E-state index is 13.2. The highest BCUT2D eigenvalue weighted by atomic mass is 32.2. The molecular weight excluding hydrogens is 445 g/mol. The number of nitroso groups, excluding NO2 is 1. The van der Waals surface area contributed by atoms with Crippen LogP contribution in [0.2, 0.25) is 0 Å². The van der Waals surface area contributed by atoms with Crippen LogP contribution in [0.3, 0.4) is 0 Å². The normalized spacial score (nSPS) is 11.9. The fourth-order valence-corrected chi connectivity index (χ4v) is 3.63. The predicted octanol–water partition coefficient (Wildman–Crippen LogP) is 5.64. The van der Waals surface area contributed by atoms with Crippen LogP contribution in [-0.4, -0.2) is 32.3 Å². The molecule has 7 nitrogen and oxygen atoms in total. The van der Waals surface area contributed by atoms with E-state index in [1.54, 1.807) is 18.2 Å². The molecule has 2 aromatic carbocycles. The first kappa shape index (κ1) is 25.1. The summed E-state index contributed by atoms with van der Waals surface area (Å²) in [5.41, 5.74) is -0.0452. The first-order valence-electron chi connectivity index (χ1n) is 9.54. The molecule has 0 heterocycles. The first-order chi connectivity index (χ1) is 15.3. The predicted molar refractivity (Wildman–Crippen MR) is 119 cm³/mol. The van der Waals surface area contributed by atoms with Gasteiger partial charge in [0.1, 0.15) is 6.54 Å². The number of hydrogen-bond donors (Lipinski definition) is 1. The van der Waals surface area contributed by atoms with Crippen molar-refractivity contribution in [3.05, 3.63) is 52.4 Å². The van der Waals surface area contributed by atoms with Crippen molar-refractivity contribution in [2.24, 2.45) is 5.29 Å². The first-order valence-corrected chi connectivity index (χ1v) is 10.9. The quantitative estimate of drug-likeness (QED) is 0.259. The van der Waals surface area contributed by atoms with Crippen molar-refractivity contribution in [3.63, 3.8) is 0 Å². The Bertz CT molecular complexity index is 966. The number of rotatable bonds is 11. The van der Waals surface area contributed by atoms with Gasteiger partial charge in [0.25, 0.3) is 0 Å². The summed E-state index contributed by atoms with van der Waals surface area (Å²) in [4.78, 5) is 11.3. The molecule has 0 aliphatic carbocycles. The van der Waals surface area contributed by atoms with E-state index in [2.05, 4.69) is 10.6 Å². The summed E-state index contributed by atoms with van der Waals surface area (Å²) < 4.78 is 50.7. The molecule has 32 heavy (non-hydrogen) atoms. The number of nitriles is 1. The molecule has 172 valence electrons. The zero-order valence-electron chi connectivity index (χ0n) is 17.8. The molecular formula is C21H23F3N4O3S. The summed E-state index contributed by atoms with van der Waals surface area (Å²) in [5, 5.41) is 15.6. The van der Waals surface area contributed by atoms with Crippen LogP contribution in [-0.2, 0) is 6.18 Å². The van der Waals surface area contributed by atoms with Crippen molar-refractivity contribution in [1.29, 1.82) is 5.26 Å². The average molecular weight is 469 g/mol. The van der Waals surface area contributed by atoms with E-state index in [0.717, 1.165) is 17.7 Å². The monoisotopic (exact) mass is 468 g/mol. The minimum absolute atomic E-state index is 0.138. The number of nitrogens with one attached hydrogen (secondary N) is 1. The molecule has 0 amide bonds. The Morgan fingerprint density at radius 3 is 2.56 bits per heavy atom. The zero-order valence-corrected chi connectivity index (χ0v) is 18.6. The van der Waals surface area contributed by atoms with Crippen molar-refractivity contribution < 1.29 is 22.6 Å². The number of halogens is 3. The Morgan fingerprint density at radius 2 is 2.00 bits per heavy atom. The molecule has 1 unspecified atom stereocenters. The fourth-order valence-electron chi connectivity index (χ4n) is 3.02. The average Bonchev–Trinajstić information content (AvgIpc) is 2.77. The van der Waals surface area contributed by atoms with E-state index in [0.29, 0.717) is 28.9 Å². The second-order valence-electron chi connectivity index (χ2n) is 6.52. The molecule has 0 aromatic heterocycles. The van der Waals surface area contributed by atoms with E-state index in [1.165, 1.54) is 24.9 Å². The van der Waals surface area contributed by atoms with Crippen molar-refractivity contribution in [2.75, 3.05) is 42.6 Å². The van der Waals surface area contributed by atoms with Gasteiger partial charge in [-0.1, -0.05) is 6.07 Å². The van der Waals surface area contributed by atoms with Crippen molar-refractivity contribution in [3.8, 4) is 17.6 Å². The molecule has 0 radical (unpaired) electrons. The van der Waals surface area contributed by atoms with Crippen LogP contribution < -0.4 is 19.8 Å². The van der Waals surface area contributed by atoms with Gasteiger partial charge >= 0.3 is 6.18 Å². The molecule has 0 saturated carbocycles. The SMILES string of the molecule is CCOc1cc(C(CSC)Nc2ccc(C(F)(F)F)cc2N(CC#N)N=O)ccc1OC. The van der Waals surface area contributed by atoms with Crippen LogP contribution in [0.1, 0.15) is 24.1 Å². The fraction of sp³-hybridized carbons (Fsp3) is 0.381. The molecule has 0 fully saturated rings. The second-order valence-corrected chi connectivity index (χ2v) is 7.43. The van der Waals surface area contributed by atoms with Crippen molar-refractivity contribution in [2.45, 2.75) is 19.1 Å². The van der Waals surface area contributed by atoms with E-state index in [1.807, 2.05) is 19.2 Å². The molecule has 11 heteroatoms. The minimum atomic E-state index is -4.62. The number of methoxy groups -OCH3 is 1. The summed E-state index contributed by atoms with van der Waals surface area (Å²) in [6, 6.07) is 9.70. The molecule has 0 spiro atoms. The van der Waals surface area contributed by atoms with Crippen molar-refractivity contribution in [1.82, 2.24) is 0 Å². The highest BCUT2D eigenvalue weighted by Crippen LogP contribution is 2.38. The second kappa shape index (κ2) is 11.5. The zero-order chi connectivity index (χ0) is 23.7. The van der Waals surface area contributed by atoms with Crippen molar-refractivity contribution >= 4 is 23.1 Å². The summed E-state index contributed by atoms with van der Waals surface area (Å²) in [6.07, 6.45) is -2.72. The number of ether oxygens (including phenoxy) is 2. The lowest BCUT2D eigenvalue weighted by molar-refractivity contribution is -0.137. The highest BCUT2D eigenvalue weighted by molar-refractivity contribution is 7.98. The third-order valence-corrected chi connectivity index (χ3v) is 5.14. The Balaban J connectivity index is 2.51. The largest absolute Gasteiger partial charge is 0.493 e. The van der Waals surface area contributed by atoms with Crippen LogP contribution in [0.15, 0.2) is 41.7 Å². The molecule has 2 rings (SSSR count). The van der Waals surface area contributed by atoms with Gasteiger partial charge in [-0.25, -0.2) is 5.01 Å². The maximum Gasteiger partial charge on any atom is 0.416 e. The summed E-state index contributed by atoms with van der Waals surface area (Å²) in [7, 11) is 1.53. The van der Waals surface area contributed by atoms with Gasteiger partial charge in [-0.3, -0.25) is 0 Å². The van der Waals surface area contributed by atoms with Gasteiger partial charge in [-0.2, -0.15) is 30.2 Å². The molecule has 0 bridgehead atoms. The lowest BCUT2D eigenvalue weighted by Gasteiger charge is -2.25. The number of alkyl halides is 3. The van der Waals surface area contributed by atoms with E-state index >= 15 is 0 Å². The summed E-state index contributed by atoms with van der Waals surface area (Å²) in [6.45, 7) is 1.77. The van der Waals surface area contributed by atoms with E-state index in [-0.39, 0.29) is 17.4 Å².